The van der Waals surface area contributed by atoms with Crippen molar-refractivity contribution in [1.29, 1.82) is 0 Å². The Morgan fingerprint density at radius 2 is 2.12 bits per heavy atom. The lowest BCUT2D eigenvalue weighted by molar-refractivity contribution is -0.131. The molecule has 0 aromatic heterocycles. The number of allylic oxidation sites excluding steroid dienone is 3. The number of carboxylic acid groups (broad SMARTS) is 1. The first-order valence-corrected chi connectivity index (χ1v) is 9.72. The van der Waals surface area contributed by atoms with E-state index in [1.54, 1.807) is 0 Å². The van der Waals surface area contributed by atoms with Gasteiger partial charge < -0.3 is 5.11 Å². The van der Waals surface area contributed by atoms with Gasteiger partial charge in [-0.3, -0.25) is 4.79 Å². The summed E-state index contributed by atoms with van der Waals surface area (Å²) in [5, 5.41) is 9.00. The Kier molecular flexibility index (Phi) is 4.01. The summed E-state index contributed by atoms with van der Waals surface area (Å²) in [7, 11) is 0. The minimum atomic E-state index is -0.843. The SMILES string of the molecule is C=C1CC2=CC(=O)CC[C@@H]2[C@H]2CC[C@]3(C)[C@H](/C=C\C(=O)O)CC[C@H]3[C@H]12. The van der Waals surface area contributed by atoms with Crippen molar-refractivity contribution in [2.75, 3.05) is 0 Å². The minimum Gasteiger partial charge on any atom is -0.478 e. The van der Waals surface area contributed by atoms with Gasteiger partial charge in [-0.05, 0) is 79.6 Å². The summed E-state index contributed by atoms with van der Waals surface area (Å²) in [6.45, 7) is 6.82. The lowest BCUT2D eigenvalue weighted by Gasteiger charge is -2.54. The van der Waals surface area contributed by atoms with Crippen LogP contribution in [0.15, 0.2) is 36.0 Å². The summed E-state index contributed by atoms with van der Waals surface area (Å²) in [5.41, 5.74) is 2.86. The van der Waals surface area contributed by atoms with Crippen LogP contribution in [0.4, 0.5) is 0 Å². The van der Waals surface area contributed by atoms with Gasteiger partial charge in [0.25, 0.3) is 0 Å². The zero-order valence-corrected chi connectivity index (χ0v) is 15.0. The number of hydrogen-bond acceptors (Lipinski definition) is 2. The van der Waals surface area contributed by atoms with Crippen LogP contribution < -0.4 is 0 Å². The highest BCUT2D eigenvalue weighted by Crippen LogP contribution is 2.64. The maximum atomic E-state index is 11.8. The molecule has 0 heterocycles. The fourth-order valence-corrected chi connectivity index (χ4v) is 6.68. The molecular formula is C22H28O3. The number of aliphatic carboxylic acids is 1. The largest absolute Gasteiger partial charge is 0.478 e. The molecule has 0 radical (unpaired) electrons. The van der Waals surface area contributed by atoms with Crippen LogP contribution in [0.5, 0.6) is 0 Å². The van der Waals surface area contributed by atoms with Crippen molar-refractivity contribution in [2.45, 2.75) is 51.9 Å². The molecule has 4 rings (SSSR count). The fourth-order valence-electron chi connectivity index (χ4n) is 6.68. The maximum absolute atomic E-state index is 11.8. The summed E-state index contributed by atoms with van der Waals surface area (Å²) in [6, 6.07) is 0. The van der Waals surface area contributed by atoms with Gasteiger partial charge in [0.15, 0.2) is 5.78 Å². The van der Waals surface area contributed by atoms with Crippen LogP contribution in [-0.2, 0) is 9.59 Å². The summed E-state index contributed by atoms with van der Waals surface area (Å²) in [5.74, 6) is 2.19. The van der Waals surface area contributed by atoms with E-state index in [9.17, 15) is 9.59 Å². The van der Waals surface area contributed by atoms with Crippen molar-refractivity contribution in [1.82, 2.24) is 0 Å². The molecule has 3 heteroatoms. The lowest BCUT2D eigenvalue weighted by Crippen LogP contribution is -2.47. The van der Waals surface area contributed by atoms with Crippen molar-refractivity contribution in [3.63, 3.8) is 0 Å². The van der Waals surface area contributed by atoms with E-state index in [0.29, 0.717) is 36.0 Å². The molecule has 0 aliphatic heterocycles. The Bertz CT molecular complexity index is 685. The molecule has 3 saturated carbocycles. The van der Waals surface area contributed by atoms with Crippen LogP contribution in [0.2, 0.25) is 0 Å². The number of hydrogen-bond donors (Lipinski definition) is 1. The van der Waals surface area contributed by atoms with E-state index in [2.05, 4.69) is 13.5 Å². The molecule has 0 spiro atoms. The first kappa shape index (κ1) is 16.8. The molecule has 4 aliphatic rings. The van der Waals surface area contributed by atoms with E-state index in [-0.39, 0.29) is 11.2 Å². The van der Waals surface area contributed by atoms with E-state index in [1.165, 1.54) is 36.5 Å². The van der Waals surface area contributed by atoms with Crippen molar-refractivity contribution in [3.05, 3.63) is 36.0 Å². The Morgan fingerprint density at radius 1 is 1.32 bits per heavy atom. The van der Waals surface area contributed by atoms with Crippen LogP contribution in [0.1, 0.15) is 51.9 Å². The summed E-state index contributed by atoms with van der Waals surface area (Å²) >= 11 is 0. The molecule has 25 heavy (non-hydrogen) atoms. The highest BCUT2D eigenvalue weighted by Gasteiger charge is 2.56. The van der Waals surface area contributed by atoms with Gasteiger partial charge in [-0.2, -0.15) is 0 Å². The smallest absolute Gasteiger partial charge is 0.327 e. The summed E-state index contributed by atoms with van der Waals surface area (Å²) in [4.78, 5) is 22.8. The van der Waals surface area contributed by atoms with E-state index >= 15 is 0 Å². The van der Waals surface area contributed by atoms with Gasteiger partial charge in [0.1, 0.15) is 0 Å². The van der Waals surface area contributed by atoms with Gasteiger partial charge in [0, 0.05) is 12.5 Å². The molecule has 0 bridgehead atoms. The molecule has 0 amide bonds. The third kappa shape index (κ3) is 2.63. The Morgan fingerprint density at radius 3 is 2.88 bits per heavy atom. The number of rotatable bonds is 2. The normalized spacial score (nSPS) is 43.4. The highest BCUT2D eigenvalue weighted by atomic mass is 16.4. The number of carboxylic acids is 1. The zero-order valence-electron chi connectivity index (χ0n) is 15.0. The second-order valence-electron chi connectivity index (χ2n) is 8.89. The third-order valence-corrected chi connectivity index (χ3v) is 7.81. The predicted octanol–water partition coefficient (Wildman–Crippen LogP) is 4.55. The van der Waals surface area contributed by atoms with E-state index < -0.39 is 5.97 Å². The molecular weight excluding hydrogens is 312 g/mol. The molecule has 0 unspecified atom stereocenters. The van der Waals surface area contributed by atoms with Gasteiger partial charge in [0.2, 0.25) is 0 Å². The third-order valence-electron chi connectivity index (χ3n) is 7.81. The second-order valence-corrected chi connectivity index (χ2v) is 8.89. The Hall–Kier alpha value is -1.64. The molecule has 0 aromatic carbocycles. The van der Waals surface area contributed by atoms with Gasteiger partial charge in [-0.25, -0.2) is 4.79 Å². The van der Waals surface area contributed by atoms with E-state index in [4.69, 9.17) is 5.11 Å². The Labute approximate surface area is 149 Å². The van der Waals surface area contributed by atoms with Crippen molar-refractivity contribution in [2.24, 2.45) is 35.0 Å². The zero-order chi connectivity index (χ0) is 17.8. The number of fused-ring (bicyclic) bond motifs is 5. The maximum Gasteiger partial charge on any atom is 0.327 e. The highest BCUT2D eigenvalue weighted by molar-refractivity contribution is 5.91. The fraction of sp³-hybridized carbons (Fsp3) is 0.636. The van der Waals surface area contributed by atoms with E-state index in [0.717, 1.165) is 19.3 Å². The predicted molar refractivity (Wildman–Crippen MR) is 96.9 cm³/mol. The lowest BCUT2D eigenvalue weighted by atomic mass is 9.50. The molecule has 6 atom stereocenters. The van der Waals surface area contributed by atoms with Crippen LogP contribution in [-0.4, -0.2) is 16.9 Å². The second kappa shape index (κ2) is 5.96. The van der Waals surface area contributed by atoms with Gasteiger partial charge in [0.05, 0.1) is 0 Å². The van der Waals surface area contributed by atoms with Crippen LogP contribution in [0.3, 0.4) is 0 Å². The number of carbonyl (C=O) groups excluding carboxylic acids is 1. The number of carbonyl (C=O) groups is 2. The van der Waals surface area contributed by atoms with Crippen LogP contribution >= 0.6 is 0 Å². The summed E-state index contributed by atoms with van der Waals surface area (Å²) in [6.07, 6.45) is 12.4. The quantitative estimate of drug-likeness (QED) is 0.592. The van der Waals surface area contributed by atoms with Crippen molar-refractivity contribution < 1.29 is 14.7 Å². The Balaban J connectivity index is 1.62. The summed E-state index contributed by atoms with van der Waals surface area (Å²) < 4.78 is 0. The first-order chi connectivity index (χ1) is 11.9. The molecule has 3 nitrogen and oxygen atoms in total. The van der Waals surface area contributed by atoms with Crippen LogP contribution in [0, 0.1) is 35.0 Å². The van der Waals surface area contributed by atoms with E-state index in [1.807, 2.05) is 12.2 Å². The molecule has 3 fully saturated rings. The minimum absolute atomic E-state index is 0.196. The van der Waals surface area contributed by atoms with Crippen molar-refractivity contribution >= 4 is 11.8 Å². The van der Waals surface area contributed by atoms with Crippen molar-refractivity contribution in [3.8, 4) is 0 Å². The number of ketones is 1. The van der Waals surface area contributed by atoms with Gasteiger partial charge in [-0.15, -0.1) is 0 Å². The van der Waals surface area contributed by atoms with Crippen LogP contribution in [0.25, 0.3) is 0 Å². The molecule has 0 saturated heterocycles. The molecule has 1 N–H and O–H groups in total. The average molecular weight is 340 g/mol. The van der Waals surface area contributed by atoms with Gasteiger partial charge in [-0.1, -0.05) is 30.7 Å². The molecule has 0 aromatic rings. The molecule has 134 valence electrons. The standard InChI is InChI=1S/C22H28O3/c1-13-11-14-12-16(23)5-6-17(14)18-9-10-22(2)15(4-8-20(24)25)3-7-19(22)21(13)18/h4,8,12,15,17-19,21H,1,3,5-7,9-11H2,2H3,(H,24,25)/b8-4-/t15-,17-,18+,19-,21+,22+/m0/s1. The van der Waals surface area contributed by atoms with Gasteiger partial charge >= 0.3 is 5.97 Å². The topological polar surface area (TPSA) is 54.4 Å². The molecule has 4 aliphatic carbocycles. The first-order valence-electron chi connectivity index (χ1n) is 9.72. The monoisotopic (exact) mass is 340 g/mol. The average Bonchev–Trinajstić information content (AvgIpc) is 2.88.